The van der Waals surface area contributed by atoms with E-state index in [0.29, 0.717) is 113 Å². The summed E-state index contributed by atoms with van der Waals surface area (Å²) in [6.07, 6.45) is 23.3. The highest BCUT2D eigenvalue weighted by Gasteiger charge is 2.26. The number of hydrogen-bond acceptors (Lipinski definition) is 19. The minimum atomic E-state index is -0.735. The molecule has 3 N–H and O–H groups in total. The van der Waals surface area contributed by atoms with Crippen molar-refractivity contribution in [2.75, 3.05) is 84.7 Å². The first kappa shape index (κ1) is 76.3. The Bertz CT molecular complexity index is 2660. The zero-order valence-corrected chi connectivity index (χ0v) is 54.8. The number of rotatable bonds is 21. The van der Waals surface area contributed by atoms with E-state index in [0.717, 1.165) is 49.9 Å². The molecule has 0 bridgehead atoms. The summed E-state index contributed by atoms with van der Waals surface area (Å²) in [4.78, 5) is 68.9. The van der Waals surface area contributed by atoms with Gasteiger partial charge < -0.3 is 68.0 Å². The van der Waals surface area contributed by atoms with Gasteiger partial charge in [-0.25, -0.2) is 9.59 Å². The first-order chi connectivity index (χ1) is 43.2. The van der Waals surface area contributed by atoms with E-state index >= 15 is 0 Å². The van der Waals surface area contributed by atoms with E-state index in [-0.39, 0.29) is 80.2 Å². The van der Waals surface area contributed by atoms with Crippen molar-refractivity contribution in [1.82, 2.24) is 9.80 Å². The van der Waals surface area contributed by atoms with Crippen LogP contribution in [0.4, 0.5) is 0 Å². The Morgan fingerprint density at radius 1 is 0.697 bits per heavy atom. The molecule has 494 valence electrons. The third-order valence-electron chi connectivity index (χ3n) is 13.6. The van der Waals surface area contributed by atoms with Crippen LogP contribution in [0.5, 0.6) is 23.0 Å². The summed E-state index contributed by atoms with van der Waals surface area (Å²) in [5.41, 5.74) is 10.2. The lowest BCUT2D eigenvalue weighted by molar-refractivity contribution is -0.137. The molecule has 0 saturated carbocycles. The molecule has 4 aliphatic rings. The number of likely N-dealkylation sites (tertiary alicyclic amines) is 2. The van der Waals surface area contributed by atoms with Gasteiger partial charge in [0.25, 0.3) is 11.8 Å². The number of alkyl halides is 1. The second-order valence-corrected chi connectivity index (χ2v) is 21.6. The molecule has 2 amide bonds. The molecule has 89 heavy (non-hydrogen) atoms. The number of oxime groups is 2. The number of esters is 2. The number of allylic oxidation sites excluding steroid dienone is 2. The lowest BCUT2D eigenvalue weighted by Gasteiger charge is -2.26. The molecule has 0 aliphatic carbocycles. The quantitative estimate of drug-likeness (QED) is 0.0120. The van der Waals surface area contributed by atoms with Crippen molar-refractivity contribution < 1.29 is 77.3 Å². The number of phenols is 2. The molecule has 2 aromatic rings. The van der Waals surface area contributed by atoms with Crippen LogP contribution in [0.3, 0.4) is 0 Å². The summed E-state index contributed by atoms with van der Waals surface area (Å²) in [6.45, 7) is 17.3. The van der Waals surface area contributed by atoms with Gasteiger partial charge in [-0.2, -0.15) is 0 Å². The van der Waals surface area contributed by atoms with Crippen LogP contribution in [0.25, 0.3) is 10.4 Å². The molecule has 23 nitrogen and oxygen atoms in total. The van der Waals surface area contributed by atoms with Gasteiger partial charge in [0.1, 0.15) is 46.3 Å². The number of unbranched alkanes of at least 4 members (excludes halogenated alkanes) is 1. The number of fused-ring (bicyclic) bond motifs is 2. The Balaban J connectivity index is 0.000000421. The van der Waals surface area contributed by atoms with Crippen LogP contribution in [0, 0.1) is 0 Å². The van der Waals surface area contributed by atoms with E-state index in [9.17, 15) is 34.5 Å². The van der Waals surface area contributed by atoms with Crippen molar-refractivity contribution in [2.45, 2.75) is 169 Å². The zero-order chi connectivity index (χ0) is 65.0. The number of carbonyl (C=O) groups excluding carboxylic acids is 4. The Hall–Kier alpha value is -6.95. The number of piperidine rings is 2. The molecule has 4 aliphatic heterocycles. The number of benzene rings is 2. The van der Waals surface area contributed by atoms with Gasteiger partial charge in [-0.15, -0.1) is 0 Å². The third-order valence-corrected chi connectivity index (χ3v) is 14.1. The summed E-state index contributed by atoms with van der Waals surface area (Å²) in [5.74, 6) is -1.59. The van der Waals surface area contributed by atoms with E-state index in [1.54, 1.807) is 66.2 Å². The molecule has 0 unspecified atom stereocenters. The highest BCUT2D eigenvalue weighted by molar-refractivity contribution is 9.09. The molecule has 2 fully saturated rings. The van der Waals surface area contributed by atoms with Crippen molar-refractivity contribution in [3.8, 4) is 23.0 Å². The smallest absolute Gasteiger partial charge is 0.342 e. The highest BCUT2D eigenvalue weighted by atomic mass is 79.9. The first-order valence-electron chi connectivity index (χ1n) is 31.2. The fourth-order valence-electron chi connectivity index (χ4n) is 9.02. The van der Waals surface area contributed by atoms with Gasteiger partial charge >= 0.3 is 11.9 Å². The Labute approximate surface area is 533 Å². The monoisotopic (exact) mass is 1310 g/mol. The molecular formula is C65H96BrN7O16. The predicted molar refractivity (Wildman–Crippen MR) is 345 cm³/mol. The SMILES string of the molecule is CC.CCCCBr.CCOCOc1cc2c(c(OCOCC)c1)C(=O)O[C@H](C)C/C=C/[C@@H](O)C/C=C/C(=NOCC(=O)N1CCCCC1)C2.C[C@@H]1C/C=C/[C@@H](OCCCN=[N+]=[N-])C/C=C/C(=NOCC(=O)N2CCCCC2)Cc2cc(O)cc(O)c2C(=O)O1. The number of azide groups is 1. The van der Waals surface area contributed by atoms with Gasteiger partial charge in [-0.1, -0.05) is 95.0 Å². The average molecular weight is 1310 g/mol. The lowest BCUT2D eigenvalue weighted by atomic mass is 9.99. The summed E-state index contributed by atoms with van der Waals surface area (Å²) >= 11 is 3.31. The van der Waals surface area contributed by atoms with Gasteiger partial charge in [0.05, 0.1) is 23.6 Å². The Morgan fingerprint density at radius 3 is 1.78 bits per heavy atom. The predicted octanol–water partition coefficient (Wildman–Crippen LogP) is 11.9. The molecule has 0 aromatic heterocycles. The second-order valence-electron chi connectivity index (χ2n) is 20.8. The fourth-order valence-corrected chi connectivity index (χ4v) is 9.58. The van der Waals surface area contributed by atoms with E-state index in [1.165, 1.54) is 18.9 Å². The normalized spacial score (nSPS) is 21.4. The van der Waals surface area contributed by atoms with E-state index in [4.69, 9.17) is 48.4 Å². The highest BCUT2D eigenvalue weighted by Crippen LogP contribution is 2.33. The standard InChI is InChI=1S/C31H44N2O9.C28H37N5O7.C4H9Br.C2H6/c1-4-37-21-39-27-18-24-17-25(32-41-20-29(35)33-15-7-6-8-16-33)12-10-14-26(34)13-9-11-23(3)42-31(36)30(24)28(19-27)40-22-38-5-2;1-20-8-5-10-24(38-15-7-12-30-32-29)11-6-9-22(31-39-19-26(36)33-13-3-2-4-14-33)16-21-17-23(34)18-25(35)27(21)28(37)40-20;1-2-3-4-5;1-2/h9-10,12-13,18-19,23,26,34H,4-8,11,14-17,20-22H2,1-3H3;5-6,9-10,17-18,20,24,34-35H,2-4,7-8,11-16,19H2,1H3;2-4H2,1H3;1-2H3/b12-10+,13-9+,32-25?;9-6+,10-5+,31-22?;;/t23-,26-;20-,24-;;/m11../s1. The van der Waals surface area contributed by atoms with Crippen molar-refractivity contribution in [3.63, 3.8) is 0 Å². The number of aliphatic hydroxyl groups is 1. The molecule has 4 atom stereocenters. The molecule has 0 spiro atoms. The molecular weight excluding hydrogens is 1210 g/mol. The van der Waals surface area contributed by atoms with Crippen LogP contribution < -0.4 is 9.47 Å². The third kappa shape index (κ3) is 30.9. The molecule has 2 saturated heterocycles. The zero-order valence-electron chi connectivity index (χ0n) is 53.2. The van der Waals surface area contributed by atoms with Crippen molar-refractivity contribution >= 4 is 51.1 Å². The Morgan fingerprint density at radius 2 is 1.24 bits per heavy atom. The molecule has 24 heteroatoms. The second kappa shape index (κ2) is 46.2. The average Bonchev–Trinajstić information content (AvgIpc) is 3.13. The topological polar surface area (TPSA) is 292 Å². The van der Waals surface area contributed by atoms with Crippen LogP contribution in [0.15, 0.2) is 88.3 Å². The largest absolute Gasteiger partial charge is 0.508 e. The van der Waals surface area contributed by atoms with Crippen molar-refractivity contribution in [3.05, 3.63) is 106 Å². The number of carbonyl (C=O) groups is 4. The molecule has 6 rings (SSSR count). The van der Waals surface area contributed by atoms with Gasteiger partial charge in [0.2, 0.25) is 0 Å². The number of ether oxygens (including phenoxy) is 7. The fraction of sp³-hybridized carbons (Fsp3) is 0.600. The first-order valence-corrected chi connectivity index (χ1v) is 32.3. The summed E-state index contributed by atoms with van der Waals surface area (Å²) in [6, 6.07) is 5.75. The van der Waals surface area contributed by atoms with Gasteiger partial charge in [-0.3, -0.25) is 9.59 Å². The minimum Gasteiger partial charge on any atom is -0.508 e. The summed E-state index contributed by atoms with van der Waals surface area (Å²) in [7, 11) is 0. The van der Waals surface area contributed by atoms with E-state index in [1.807, 2.05) is 45.9 Å². The van der Waals surface area contributed by atoms with Gasteiger partial charge in [-0.05, 0) is 133 Å². The summed E-state index contributed by atoms with van der Waals surface area (Å²) < 4.78 is 39.6. The van der Waals surface area contributed by atoms with E-state index < -0.39 is 36.0 Å². The number of aromatic hydroxyl groups is 2. The lowest BCUT2D eigenvalue weighted by Crippen LogP contribution is -2.37. The number of phenolic OH excluding ortho intramolecular Hbond substituents is 2. The molecule has 2 aromatic carbocycles. The van der Waals surface area contributed by atoms with Gasteiger partial charge in [0.15, 0.2) is 26.8 Å². The number of hydrogen-bond donors (Lipinski definition) is 3. The van der Waals surface area contributed by atoms with Crippen LogP contribution in [0.2, 0.25) is 0 Å². The number of aliphatic hydroxyl groups excluding tert-OH is 1. The van der Waals surface area contributed by atoms with E-state index in [2.05, 4.69) is 43.2 Å². The number of nitrogens with zero attached hydrogens (tertiary/aromatic N) is 7. The maximum absolute atomic E-state index is 13.5. The van der Waals surface area contributed by atoms with Crippen molar-refractivity contribution in [1.29, 1.82) is 0 Å². The number of amides is 2. The maximum atomic E-state index is 13.5. The number of cyclic esters (lactones) is 2. The summed E-state index contributed by atoms with van der Waals surface area (Å²) in [5, 5.41) is 44.1. The van der Waals surface area contributed by atoms with Crippen LogP contribution in [-0.4, -0.2) is 169 Å². The van der Waals surface area contributed by atoms with Crippen LogP contribution >= 0.6 is 15.9 Å². The minimum absolute atomic E-state index is 0.00840. The number of halogens is 1. The van der Waals surface area contributed by atoms with Crippen LogP contribution in [0.1, 0.15) is 164 Å². The van der Waals surface area contributed by atoms with Crippen molar-refractivity contribution in [2.24, 2.45) is 15.4 Å². The molecule has 0 radical (unpaired) electrons. The molecule has 4 heterocycles. The maximum Gasteiger partial charge on any atom is 0.342 e. The van der Waals surface area contributed by atoms with Crippen LogP contribution in [-0.2, 0) is 55.8 Å². The van der Waals surface area contributed by atoms with Gasteiger partial charge in [0, 0.05) is 101 Å². The Kier molecular flexibility index (Phi) is 39.6.